The quantitative estimate of drug-likeness (QED) is 0.773. The second-order valence-corrected chi connectivity index (χ2v) is 7.15. The van der Waals surface area contributed by atoms with Crippen molar-refractivity contribution in [3.63, 3.8) is 0 Å². The van der Waals surface area contributed by atoms with Gasteiger partial charge in [-0.1, -0.05) is 25.7 Å². The first-order valence-electron chi connectivity index (χ1n) is 8.62. The minimum absolute atomic E-state index is 0.143. The lowest BCUT2D eigenvalue weighted by Gasteiger charge is -2.29. The van der Waals surface area contributed by atoms with Crippen LogP contribution in [0.25, 0.3) is 0 Å². The maximum atomic E-state index is 12.3. The van der Waals surface area contributed by atoms with Gasteiger partial charge in [0.25, 0.3) is 0 Å². The maximum Gasteiger partial charge on any atom is 0.228 e. The number of carbonyl (C=O) groups excluding carboxylic acids is 1. The Kier molecular flexibility index (Phi) is 4.65. The van der Waals surface area contributed by atoms with Gasteiger partial charge in [-0.2, -0.15) is 0 Å². The van der Waals surface area contributed by atoms with Gasteiger partial charge < -0.3 is 9.64 Å². The van der Waals surface area contributed by atoms with E-state index in [-0.39, 0.29) is 12.0 Å². The molecule has 2 unspecified atom stereocenters. The van der Waals surface area contributed by atoms with Gasteiger partial charge >= 0.3 is 0 Å². The highest BCUT2D eigenvalue weighted by molar-refractivity contribution is 5.81. The van der Waals surface area contributed by atoms with E-state index >= 15 is 0 Å². The lowest BCUT2D eigenvalue weighted by molar-refractivity contribution is -0.136. The molecule has 0 aromatic carbocycles. The molecule has 0 N–H and O–H groups in total. The molecular formula is C17H29NO2. The van der Waals surface area contributed by atoms with Gasteiger partial charge in [-0.05, 0) is 43.9 Å². The van der Waals surface area contributed by atoms with Gasteiger partial charge in [-0.15, -0.1) is 0 Å². The van der Waals surface area contributed by atoms with Gasteiger partial charge in [0.05, 0.1) is 12.0 Å². The average molecular weight is 279 g/mol. The first-order valence-corrected chi connectivity index (χ1v) is 8.62. The molecule has 3 nitrogen and oxygen atoms in total. The summed E-state index contributed by atoms with van der Waals surface area (Å²) in [5, 5.41) is 0. The van der Waals surface area contributed by atoms with Crippen molar-refractivity contribution in [1.82, 2.24) is 4.90 Å². The summed E-state index contributed by atoms with van der Waals surface area (Å²) in [7, 11) is 1.94. The summed E-state index contributed by atoms with van der Waals surface area (Å²) in [5.41, 5.74) is 0. The molecule has 114 valence electrons. The maximum absolute atomic E-state index is 12.3. The van der Waals surface area contributed by atoms with Crippen molar-refractivity contribution in [2.24, 2.45) is 17.8 Å². The highest BCUT2D eigenvalue weighted by Gasteiger charge is 2.41. The molecule has 0 bridgehead atoms. The van der Waals surface area contributed by atoms with E-state index in [9.17, 15) is 4.79 Å². The summed E-state index contributed by atoms with van der Waals surface area (Å²) in [6.07, 6.45) is 11.8. The summed E-state index contributed by atoms with van der Waals surface area (Å²) in [4.78, 5) is 14.2. The van der Waals surface area contributed by atoms with Crippen LogP contribution < -0.4 is 0 Å². The zero-order valence-corrected chi connectivity index (χ0v) is 12.9. The van der Waals surface area contributed by atoms with Crippen LogP contribution in [0.1, 0.15) is 57.8 Å². The van der Waals surface area contributed by atoms with Crippen LogP contribution in [0.2, 0.25) is 0 Å². The standard InChI is InChI=1S/C17H29NO2/c1-18-11-10-15(17(18)19)16(14-8-4-5-9-14)20-12-13-6-2-3-7-13/h13-16H,2-12H2,1H3. The molecule has 2 saturated carbocycles. The smallest absolute Gasteiger partial charge is 0.228 e. The molecule has 1 saturated heterocycles. The van der Waals surface area contributed by atoms with E-state index in [1.165, 1.54) is 51.4 Å². The largest absolute Gasteiger partial charge is 0.377 e. The Hall–Kier alpha value is -0.570. The topological polar surface area (TPSA) is 29.5 Å². The molecule has 2 atom stereocenters. The first-order chi connectivity index (χ1) is 9.75. The summed E-state index contributed by atoms with van der Waals surface area (Å²) in [6, 6.07) is 0. The number of nitrogens with zero attached hydrogens (tertiary/aromatic N) is 1. The van der Waals surface area contributed by atoms with Crippen LogP contribution >= 0.6 is 0 Å². The van der Waals surface area contributed by atoms with Crippen LogP contribution in [0.4, 0.5) is 0 Å². The molecule has 3 fully saturated rings. The van der Waals surface area contributed by atoms with Gasteiger partial charge in [-0.3, -0.25) is 4.79 Å². The van der Waals surface area contributed by atoms with Crippen LogP contribution in [-0.4, -0.2) is 37.1 Å². The molecule has 0 aromatic heterocycles. The molecule has 3 heteroatoms. The predicted octanol–water partition coefficient (Wildman–Crippen LogP) is 3.23. The summed E-state index contributed by atoms with van der Waals surface area (Å²) in [5.74, 6) is 1.86. The van der Waals surface area contributed by atoms with E-state index in [4.69, 9.17) is 4.74 Å². The van der Waals surface area contributed by atoms with Gasteiger partial charge in [0.15, 0.2) is 0 Å². The van der Waals surface area contributed by atoms with Gasteiger partial charge in [0, 0.05) is 20.2 Å². The van der Waals surface area contributed by atoms with E-state index in [2.05, 4.69) is 0 Å². The Labute approximate surface area is 123 Å². The molecule has 0 spiro atoms. The Morgan fingerprint density at radius 1 is 1.10 bits per heavy atom. The Bertz CT molecular complexity index is 332. The monoisotopic (exact) mass is 279 g/mol. The first kappa shape index (κ1) is 14.4. The third kappa shape index (κ3) is 3.03. The van der Waals surface area contributed by atoms with E-state index < -0.39 is 0 Å². The minimum Gasteiger partial charge on any atom is -0.377 e. The van der Waals surface area contributed by atoms with Crippen molar-refractivity contribution >= 4 is 5.91 Å². The number of hydrogen-bond acceptors (Lipinski definition) is 2. The average Bonchev–Trinajstić information content (AvgIpc) is 3.17. The fourth-order valence-electron chi connectivity index (χ4n) is 4.45. The molecular weight excluding hydrogens is 250 g/mol. The zero-order valence-electron chi connectivity index (χ0n) is 12.9. The van der Waals surface area contributed by atoms with Gasteiger partial charge in [0.1, 0.15) is 0 Å². The molecule has 3 aliphatic rings. The molecule has 2 aliphatic carbocycles. The van der Waals surface area contributed by atoms with E-state index in [0.29, 0.717) is 11.8 Å². The lowest BCUT2D eigenvalue weighted by Crippen LogP contribution is -2.37. The third-order valence-corrected chi connectivity index (χ3v) is 5.73. The number of amides is 1. The Morgan fingerprint density at radius 2 is 1.75 bits per heavy atom. The third-order valence-electron chi connectivity index (χ3n) is 5.73. The van der Waals surface area contributed by atoms with Gasteiger partial charge in [-0.25, -0.2) is 0 Å². The molecule has 1 aliphatic heterocycles. The minimum atomic E-state index is 0.143. The summed E-state index contributed by atoms with van der Waals surface area (Å²) < 4.78 is 6.37. The highest BCUT2D eigenvalue weighted by atomic mass is 16.5. The number of ether oxygens (including phenoxy) is 1. The summed E-state index contributed by atoms with van der Waals surface area (Å²) in [6.45, 7) is 1.81. The van der Waals surface area contributed by atoms with E-state index in [1.807, 2.05) is 11.9 Å². The lowest BCUT2D eigenvalue weighted by atomic mass is 9.88. The van der Waals surface area contributed by atoms with Crippen molar-refractivity contribution < 1.29 is 9.53 Å². The van der Waals surface area contributed by atoms with Crippen molar-refractivity contribution in [2.45, 2.75) is 63.9 Å². The Balaban J connectivity index is 1.62. The van der Waals surface area contributed by atoms with Crippen molar-refractivity contribution in [3.05, 3.63) is 0 Å². The van der Waals surface area contributed by atoms with Crippen LogP contribution in [0.3, 0.4) is 0 Å². The van der Waals surface area contributed by atoms with Crippen LogP contribution in [0.5, 0.6) is 0 Å². The Morgan fingerprint density at radius 3 is 2.35 bits per heavy atom. The second-order valence-electron chi connectivity index (χ2n) is 7.15. The molecule has 1 heterocycles. The van der Waals surface area contributed by atoms with Crippen LogP contribution in [0, 0.1) is 17.8 Å². The number of hydrogen-bond donors (Lipinski definition) is 0. The SMILES string of the molecule is CN1CCC(C(OCC2CCCC2)C2CCCC2)C1=O. The van der Waals surface area contributed by atoms with Crippen molar-refractivity contribution in [2.75, 3.05) is 20.2 Å². The van der Waals surface area contributed by atoms with Crippen LogP contribution in [-0.2, 0) is 9.53 Å². The fraction of sp³-hybridized carbons (Fsp3) is 0.941. The predicted molar refractivity (Wildman–Crippen MR) is 79.4 cm³/mol. The van der Waals surface area contributed by atoms with Crippen molar-refractivity contribution in [3.8, 4) is 0 Å². The van der Waals surface area contributed by atoms with Crippen LogP contribution in [0.15, 0.2) is 0 Å². The molecule has 20 heavy (non-hydrogen) atoms. The number of carbonyl (C=O) groups is 1. The zero-order chi connectivity index (χ0) is 13.9. The molecule has 0 radical (unpaired) electrons. The number of rotatable bonds is 5. The van der Waals surface area contributed by atoms with Gasteiger partial charge in [0.2, 0.25) is 5.91 Å². The normalized spacial score (nSPS) is 30.6. The molecule has 3 rings (SSSR count). The summed E-state index contributed by atoms with van der Waals surface area (Å²) >= 11 is 0. The molecule has 1 amide bonds. The van der Waals surface area contributed by atoms with E-state index in [0.717, 1.165) is 25.5 Å². The number of likely N-dealkylation sites (tertiary alicyclic amines) is 1. The second kappa shape index (κ2) is 6.46. The fourth-order valence-corrected chi connectivity index (χ4v) is 4.45. The van der Waals surface area contributed by atoms with Crippen molar-refractivity contribution in [1.29, 1.82) is 0 Å². The molecule has 0 aromatic rings. The highest BCUT2D eigenvalue weighted by Crippen LogP contribution is 2.37. The van der Waals surface area contributed by atoms with E-state index in [1.54, 1.807) is 0 Å².